The third kappa shape index (κ3) is 5.24. The summed E-state index contributed by atoms with van der Waals surface area (Å²) in [7, 11) is 0. The summed E-state index contributed by atoms with van der Waals surface area (Å²) in [5, 5.41) is 6.89. The fraction of sp³-hybridized carbons (Fsp3) is 0.238. The molecule has 1 unspecified atom stereocenters. The molecule has 0 saturated heterocycles. The lowest BCUT2D eigenvalue weighted by Crippen LogP contribution is -2.11. The molecule has 0 bridgehead atoms. The van der Waals surface area contributed by atoms with Gasteiger partial charge in [-0.1, -0.05) is 41.9 Å². The molecule has 1 heterocycles. The third-order valence-corrected chi connectivity index (χ3v) is 5.30. The van der Waals surface area contributed by atoms with Crippen molar-refractivity contribution >= 4 is 40.3 Å². The first kappa shape index (κ1) is 20.2. The van der Waals surface area contributed by atoms with Crippen LogP contribution in [0.25, 0.3) is 0 Å². The number of carbonyl (C=O) groups excluding carboxylic acids is 1. The van der Waals surface area contributed by atoms with E-state index in [0.29, 0.717) is 23.2 Å². The zero-order valence-corrected chi connectivity index (χ0v) is 17.3. The molecule has 3 rings (SSSR count). The topological polar surface area (TPSA) is 63.2 Å². The first-order valence-electron chi connectivity index (χ1n) is 9.03. The molecule has 146 valence electrons. The Morgan fingerprint density at radius 2 is 2.00 bits per heavy atom. The van der Waals surface area contributed by atoms with Gasteiger partial charge in [0.2, 0.25) is 0 Å². The van der Waals surface area contributed by atoms with Crippen molar-refractivity contribution < 1.29 is 9.53 Å². The van der Waals surface area contributed by atoms with Crippen LogP contribution in [0.3, 0.4) is 0 Å². The SMILES string of the molecule is CCOC(=O)c1ccc(NC(C)c2ccccc2)c(NCc2cnc(Cl)s2)c1. The summed E-state index contributed by atoms with van der Waals surface area (Å²) in [4.78, 5) is 17.2. The highest BCUT2D eigenvalue weighted by Gasteiger charge is 2.13. The summed E-state index contributed by atoms with van der Waals surface area (Å²) in [6.45, 7) is 4.79. The Kier molecular flexibility index (Phi) is 6.90. The minimum absolute atomic E-state index is 0.105. The van der Waals surface area contributed by atoms with Gasteiger partial charge in [0.1, 0.15) is 0 Å². The van der Waals surface area contributed by atoms with Gasteiger partial charge in [0.25, 0.3) is 0 Å². The molecule has 1 aromatic heterocycles. The Hall–Kier alpha value is -2.57. The van der Waals surface area contributed by atoms with Gasteiger partial charge >= 0.3 is 5.97 Å². The number of ether oxygens (including phenoxy) is 1. The summed E-state index contributed by atoms with van der Waals surface area (Å²) in [5.74, 6) is -0.339. The summed E-state index contributed by atoms with van der Waals surface area (Å²) in [6, 6.07) is 15.8. The Bertz CT molecular complexity index is 930. The van der Waals surface area contributed by atoms with E-state index in [1.165, 1.54) is 16.9 Å². The smallest absolute Gasteiger partial charge is 0.338 e. The van der Waals surface area contributed by atoms with Gasteiger partial charge in [0, 0.05) is 17.1 Å². The number of carbonyl (C=O) groups is 1. The van der Waals surface area contributed by atoms with E-state index < -0.39 is 0 Å². The van der Waals surface area contributed by atoms with E-state index in [-0.39, 0.29) is 12.0 Å². The lowest BCUT2D eigenvalue weighted by Gasteiger charge is -2.20. The molecular formula is C21H22ClN3O2S. The van der Waals surface area contributed by atoms with Crippen LogP contribution in [0, 0.1) is 0 Å². The van der Waals surface area contributed by atoms with Gasteiger partial charge in [-0.25, -0.2) is 9.78 Å². The van der Waals surface area contributed by atoms with Gasteiger partial charge in [0.05, 0.1) is 30.1 Å². The monoisotopic (exact) mass is 415 g/mol. The van der Waals surface area contributed by atoms with Crippen molar-refractivity contribution in [2.45, 2.75) is 26.4 Å². The summed E-state index contributed by atoms with van der Waals surface area (Å²) in [5.41, 5.74) is 3.40. The fourth-order valence-electron chi connectivity index (χ4n) is 2.76. The Labute approximate surface area is 173 Å². The molecule has 5 nitrogen and oxygen atoms in total. The van der Waals surface area contributed by atoms with Crippen LogP contribution in [-0.2, 0) is 11.3 Å². The Balaban J connectivity index is 1.83. The maximum Gasteiger partial charge on any atom is 0.338 e. The largest absolute Gasteiger partial charge is 0.462 e. The van der Waals surface area contributed by atoms with E-state index in [0.717, 1.165) is 16.3 Å². The molecule has 0 amide bonds. The molecule has 2 aromatic carbocycles. The number of esters is 1. The predicted molar refractivity (Wildman–Crippen MR) is 115 cm³/mol. The zero-order valence-electron chi connectivity index (χ0n) is 15.7. The number of halogens is 1. The van der Waals surface area contributed by atoms with Crippen molar-refractivity contribution in [2.24, 2.45) is 0 Å². The fourth-order valence-corrected chi connectivity index (χ4v) is 3.68. The highest BCUT2D eigenvalue weighted by Crippen LogP contribution is 2.29. The van der Waals surface area contributed by atoms with E-state index in [1.807, 2.05) is 24.3 Å². The van der Waals surface area contributed by atoms with Crippen molar-refractivity contribution in [1.29, 1.82) is 0 Å². The first-order chi connectivity index (χ1) is 13.6. The maximum atomic E-state index is 12.1. The van der Waals surface area contributed by atoms with Gasteiger partial charge in [-0.2, -0.15) is 0 Å². The molecule has 0 spiro atoms. The van der Waals surface area contributed by atoms with Crippen molar-refractivity contribution in [3.05, 3.63) is 75.2 Å². The van der Waals surface area contributed by atoms with Crippen LogP contribution in [0.15, 0.2) is 54.7 Å². The van der Waals surface area contributed by atoms with Gasteiger partial charge in [0.15, 0.2) is 4.47 Å². The van der Waals surface area contributed by atoms with Gasteiger partial charge in [-0.05, 0) is 37.6 Å². The number of hydrogen-bond acceptors (Lipinski definition) is 6. The maximum absolute atomic E-state index is 12.1. The highest BCUT2D eigenvalue weighted by atomic mass is 35.5. The van der Waals surface area contributed by atoms with Crippen LogP contribution in [0.2, 0.25) is 4.47 Å². The van der Waals surface area contributed by atoms with Crippen LogP contribution >= 0.6 is 22.9 Å². The highest BCUT2D eigenvalue weighted by molar-refractivity contribution is 7.15. The predicted octanol–water partition coefficient (Wildman–Crippen LogP) is 5.76. The Morgan fingerprint density at radius 3 is 2.68 bits per heavy atom. The number of thiazole rings is 1. The molecule has 0 aliphatic heterocycles. The summed E-state index contributed by atoms with van der Waals surface area (Å²) < 4.78 is 5.63. The van der Waals surface area contributed by atoms with Crippen LogP contribution in [0.1, 0.15) is 40.7 Å². The lowest BCUT2D eigenvalue weighted by molar-refractivity contribution is 0.0526. The van der Waals surface area contributed by atoms with Crippen LogP contribution in [0.4, 0.5) is 11.4 Å². The molecule has 7 heteroatoms. The molecule has 0 aliphatic rings. The second-order valence-electron chi connectivity index (χ2n) is 6.19. The van der Waals surface area contributed by atoms with E-state index in [9.17, 15) is 4.79 Å². The standard InChI is InChI=1S/C21H22ClN3O2S/c1-3-27-20(26)16-9-10-18(25-14(2)15-7-5-4-6-8-15)19(11-16)23-12-17-13-24-21(22)28-17/h4-11,13-14,23,25H,3,12H2,1-2H3. The number of benzene rings is 2. The van der Waals surface area contributed by atoms with E-state index in [1.54, 1.807) is 25.3 Å². The van der Waals surface area contributed by atoms with Gasteiger partial charge < -0.3 is 15.4 Å². The number of hydrogen-bond donors (Lipinski definition) is 2. The molecule has 0 saturated carbocycles. The number of nitrogens with zero attached hydrogens (tertiary/aromatic N) is 1. The van der Waals surface area contributed by atoms with Crippen LogP contribution in [0.5, 0.6) is 0 Å². The minimum Gasteiger partial charge on any atom is -0.462 e. The number of rotatable bonds is 8. The number of nitrogens with one attached hydrogen (secondary N) is 2. The quantitative estimate of drug-likeness (QED) is 0.458. The van der Waals surface area contributed by atoms with Crippen molar-refractivity contribution in [3.63, 3.8) is 0 Å². The van der Waals surface area contributed by atoms with Crippen molar-refractivity contribution in [1.82, 2.24) is 4.98 Å². The Morgan fingerprint density at radius 1 is 1.21 bits per heavy atom. The van der Waals surface area contributed by atoms with Crippen molar-refractivity contribution in [2.75, 3.05) is 17.2 Å². The second kappa shape index (κ2) is 9.57. The summed E-state index contributed by atoms with van der Waals surface area (Å²) in [6.07, 6.45) is 1.74. The number of anilines is 2. The van der Waals surface area contributed by atoms with E-state index in [4.69, 9.17) is 16.3 Å². The molecule has 2 N–H and O–H groups in total. The molecule has 0 aliphatic carbocycles. The minimum atomic E-state index is -0.339. The second-order valence-corrected chi connectivity index (χ2v) is 7.89. The van der Waals surface area contributed by atoms with Gasteiger partial charge in [-0.15, -0.1) is 11.3 Å². The lowest BCUT2D eigenvalue weighted by atomic mass is 10.1. The van der Waals surface area contributed by atoms with Crippen molar-refractivity contribution in [3.8, 4) is 0 Å². The normalized spacial score (nSPS) is 11.7. The third-order valence-electron chi connectivity index (χ3n) is 4.18. The summed E-state index contributed by atoms with van der Waals surface area (Å²) >= 11 is 7.34. The number of aromatic nitrogens is 1. The molecule has 1 atom stereocenters. The van der Waals surface area contributed by atoms with E-state index >= 15 is 0 Å². The average Bonchev–Trinajstić information content (AvgIpc) is 3.13. The molecule has 28 heavy (non-hydrogen) atoms. The molecule has 3 aromatic rings. The zero-order chi connectivity index (χ0) is 19.9. The van der Waals surface area contributed by atoms with Crippen LogP contribution in [-0.4, -0.2) is 17.6 Å². The van der Waals surface area contributed by atoms with E-state index in [2.05, 4.69) is 34.7 Å². The average molecular weight is 416 g/mol. The molecule has 0 radical (unpaired) electrons. The first-order valence-corrected chi connectivity index (χ1v) is 10.2. The van der Waals surface area contributed by atoms with Gasteiger partial charge in [-0.3, -0.25) is 0 Å². The van der Waals surface area contributed by atoms with Crippen LogP contribution < -0.4 is 10.6 Å². The molecule has 0 fully saturated rings. The molecular weight excluding hydrogens is 394 g/mol.